The molecule has 1 unspecified atom stereocenters. The molecule has 9 heteroatoms. The molecule has 5 nitrogen and oxygen atoms in total. The van der Waals surface area contributed by atoms with Crippen molar-refractivity contribution in [3.63, 3.8) is 0 Å². The van der Waals surface area contributed by atoms with Crippen molar-refractivity contribution in [3.8, 4) is 0 Å². The summed E-state index contributed by atoms with van der Waals surface area (Å²) in [5.74, 6) is 0.716. The number of hydrogen-bond acceptors (Lipinski definition) is 4. The van der Waals surface area contributed by atoms with Crippen molar-refractivity contribution >= 4 is 17.3 Å². The molecule has 2 heterocycles. The van der Waals surface area contributed by atoms with E-state index in [0.717, 1.165) is 49.3 Å². The zero-order chi connectivity index (χ0) is 17.7. The van der Waals surface area contributed by atoms with Gasteiger partial charge in [0.25, 0.3) is 0 Å². The second kappa shape index (κ2) is 8.15. The maximum atomic E-state index is 12.6. The number of likely N-dealkylation sites (tertiary alicyclic amines) is 1. The van der Waals surface area contributed by atoms with E-state index in [0.29, 0.717) is 17.0 Å². The second-order valence-electron chi connectivity index (χ2n) is 5.63. The summed E-state index contributed by atoms with van der Waals surface area (Å²) in [7, 11) is 1.69. The van der Waals surface area contributed by atoms with Gasteiger partial charge < -0.3 is 10.2 Å². The first kappa shape index (κ1) is 19.0. The molecule has 0 bridgehead atoms. The molecule has 0 amide bonds. The number of guanidine groups is 1. The highest BCUT2D eigenvalue weighted by atomic mass is 32.1. The molecule has 0 radical (unpaired) electrons. The third kappa shape index (κ3) is 4.60. The normalized spacial score (nSPS) is 19.4. The van der Waals surface area contributed by atoms with Crippen LogP contribution in [-0.4, -0.2) is 60.0 Å². The number of nitrogens with one attached hydrogen (secondary N) is 1. The van der Waals surface area contributed by atoms with Gasteiger partial charge in [-0.25, -0.2) is 4.98 Å². The van der Waals surface area contributed by atoms with Crippen molar-refractivity contribution in [3.05, 3.63) is 16.1 Å². The van der Waals surface area contributed by atoms with Crippen molar-refractivity contribution in [2.24, 2.45) is 4.99 Å². The zero-order valence-electron chi connectivity index (χ0n) is 14.2. The van der Waals surface area contributed by atoms with Gasteiger partial charge in [0, 0.05) is 31.6 Å². The molecule has 1 aromatic rings. The van der Waals surface area contributed by atoms with Gasteiger partial charge in [-0.1, -0.05) is 13.8 Å². The molecule has 0 spiro atoms. The number of likely N-dealkylation sites (N-methyl/N-ethyl adjacent to an activating group) is 1. The molecular formula is C15H24F3N5S. The van der Waals surface area contributed by atoms with Crippen LogP contribution in [-0.2, 0) is 12.7 Å². The molecule has 24 heavy (non-hydrogen) atoms. The SMILES string of the molecule is CCN(CC)C1CCN(C(=NC)NCc2nc(C(F)(F)F)cs2)C1. The van der Waals surface area contributed by atoms with Crippen LogP contribution in [0.1, 0.15) is 31.0 Å². The van der Waals surface area contributed by atoms with Crippen LogP contribution in [0.4, 0.5) is 13.2 Å². The van der Waals surface area contributed by atoms with E-state index in [-0.39, 0.29) is 6.54 Å². The van der Waals surface area contributed by atoms with Crippen molar-refractivity contribution in [2.75, 3.05) is 33.2 Å². The Balaban J connectivity index is 1.90. The molecule has 1 saturated heterocycles. The van der Waals surface area contributed by atoms with Crippen LogP contribution in [0, 0.1) is 0 Å². The van der Waals surface area contributed by atoms with Gasteiger partial charge in [0.15, 0.2) is 11.7 Å². The van der Waals surface area contributed by atoms with Crippen LogP contribution in [0.3, 0.4) is 0 Å². The molecule has 2 rings (SSSR count). The first-order valence-corrected chi connectivity index (χ1v) is 8.98. The molecule has 1 aliphatic rings. The van der Waals surface area contributed by atoms with Crippen LogP contribution in [0.25, 0.3) is 0 Å². The predicted octanol–water partition coefficient (Wildman–Crippen LogP) is 2.65. The minimum atomic E-state index is -4.39. The summed E-state index contributed by atoms with van der Waals surface area (Å²) in [6.07, 6.45) is -3.32. The Morgan fingerprint density at radius 1 is 1.46 bits per heavy atom. The molecule has 1 atom stereocenters. The van der Waals surface area contributed by atoms with E-state index in [4.69, 9.17) is 0 Å². The minimum Gasteiger partial charge on any atom is -0.350 e. The molecule has 1 aliphatic heterocycles. The molecule has 0 aliphatic carbocycles. The van der Waals surface area contributed by atoms with E-state index in [2.05, 4.69) is 38.9 Å². The number of thiazole rings is 1. The first-order chi connectivity index (χ1) is 11.4. The molecule has 0 aromatic carbocycles. The van der Waals surface area contributed by atoms with E-state index >= 15 is 0 Å². The van der Waals surface area contributed by atoms with E-state index in [1.807, 2.05) is 0 Å². The van der Waals surface area contributed by atoms with Gasteiger partial charge in [0.05, 0.1) is 6.54 Å². The summed E-state index contributed by atoms with van der Waals surface area (Å²) in [5, 5.41) is 4.58. The van der Waals surface area contributed by atoms with Gasteiger partial charge in [0.1, 0.15) is 5.01 Å². The average Bonchev–Trinajstić information content (AvgIpc) is 3.19. The largest absolute Gasteiger partial charge is 0.434 e. The zero-order valence-corrected chi connectivity index (χ0v) is 15.0. The summed E-state index contributed by atoms with van der Waals surface area (Å²) in [6, 6.07) is 0.496. The topological polar surface area (TPSA) is 43.8 Å². The Bertz CT molecular complexity index is 554. The number of rotatable bonds is 5. The van der Waals surface area contributed by atoms with Crippen molar-refractivity contribution in [1.29, 1.82) is 0 Å². The van der Waals surface area contributed by atoms with Crippen LogP contribution in [0.2, 0.25) is 0 Å². The summed E-state index contributed by atoms with van der Waals surface area (Å²) >= 11 is 1.01. The van der Waals surface area contributed by atoms with Crippen LogP contribution in [0.5, 0.6) is 0 Å². The summed E-state index contributed by atoms with van der Waals surface area (Å²) < 4.78 is 37.8. The third-order valence-corrected chi connectivity index (χ3v) is 5.09. The van der Waals surface area contributed by atoms with Crippen molar-refractivity contribution in [1.82, 2.24) is 20.1 Å². The highest BCUT2D eigenvalue weighted by Gasteiger charge is 2.33. The fraction of sp³-hybridized carbons (Fsp3) is 0.733. The summed E-state index contributed by atoms with van der Waals surface area (Å²) in [6.45, 7) is 8.36. The van der Waals surface area contributed by atoms with E-state index in [9.17, 15) is 13.2 Å². The lowest BCUT2D eigenvalue weighted by Gasteiger charge is -2.27. The molecular weight excluding hydrogens is 339 g/mol. The lowest BCUT2D eigenvalue weighted by Crippen LogP contribution is -2.43. The Kier molecular flexibility index (Phi) is 6.45. The number of aliphatic imine (C=N–C) groups is 1. The predicted molar refractivity (Wildman–Crippen MR) is 90.2 cm³/mol. The maximum absolute atomic E-state index is 12.6. The fourth-order valence-electron chi connectivity index (χ4n) is 2.98. The van der Waals surface area contributed by atoms with Gasteiger partial charge in [-0.05, 0) is 19.5 Å². The maximum Gasteiger partial charge on any atom is 0.434 e. The van der Waals surface area contributed by atoms with Crippen LogP contribution in [0.15, 0.2) is 10.4 Å². The highest BCUT2D eigenvalue weighted by Crippen LogP contribution is 2.29. The number of hydrogen-bond donors (Lipinski definition) is 1. The van der Waals surface area contributed by atoms with Crippen LogP contribution < -0.4 is 5.32 Å². The summed E-state index contributed by atoms with van der Waals surface area (Å²) in [5.41, 5.74) is -0.831. The molecule has 1 fully saturated rings. The van der Waals surface area contributed by atoms with Gasteiger partial charge in [-0.3, -0.25) is 9.89 Å². The van der Waals surface area contributed by atoms with Crippen molar-refractivity contribution in [2.45, 2.75) is 39.0 Å². The van der Waals surface area contributed by atoms with E-state index in [1.165, 1.54) is 0 Å². The smallest absolute Gasteiger partial charge is 0.350 e. The molecule has 1 aromatic heterocycles. The Morgan fingerprint density at radius 2 is 2.17 bits per heavy atom. The van der Waals surface area contributed by atoms with Crippen LogP contribution >= 0.6 is 11.3 Å². The number of nitrogens with zero attached hydrogens (tertiary/aromatic N) is 4. The Morgan fingerprint density at radius 3 is 2.71 bits per heavy atom. The van der Waals surface area contributed by atoms with Crippen molar-refractivity contribution < 1.29 is 13.2 Å². The summed E-state index contributed by atoms with van der Waals surface area (Å²) in [4.78, 5) is 12.5. The molecule has 136 valence electrons. The first-order valence-electron chi connectivity index (χ1n) is 8.10. The average molecular weight is 363 g/mol. The van der Waals surface area contributed by atoms with E-state index in [1.54, 1.807) is 7.05 Å². The third-order valence-electron chi connectivity index (χ3n) is 4.24. The number of alkyl halides is 3. The van der Waals surface area contributed by atoms with Gasteiger partial charge in [-0.15, -0.1) is 11.3 Å². The standard InChI is InChI=1S/C15H24F3N5S/c1-4-22(5-2)11-6-7-23(9-11)14(19-3)20-8-13-21-12(10-24-13)15(16,17)18/h10-11H,4-9H2,1-3H3,(H,19,20). The monoisotopic (exact) mass is 363 g/mol. The minimum absolute atomic E-state index is 0.250. The van der Waals surface area contributed by atoms with Gasteiger partial charge >= 0.3 is 6.18 Å². The lowest BCUT2D eigenvalue weighted by molar-refractivity contribution is -0.140. The quantitative estimate of drug-likeness (QED) is 0.645. The van der Waals surface area contributed by atoms with E-state index < -0.39 is 11.9 Å². The number of halogens is 3. The number of aromatic nitrogens is 1. The highest BCUT2D eigenvalue weighted by molar-refractivity contribution is 7.09. The molecule has 0 saturated carbocycles. The van der Waals surface area contributed by atoms with Gasteiger partial charge in [-0.2, -0.15) is 13.2 Å². The molecule has 1 N–H and O–H groups in total. The second-order valence-corrected chi connectivity index (χ2v) is 6.58. The Hall–Kier alpha value is -1.35. The van der Waals surface area contributed by atoms with Gasteiger partial charge in [0.2, 0.25) is 0 Å². The Labute approximate surface area is 144 Å². The lowest BCUT2D eigenvalue weighted by atomic mass is 10.2. The fourth-order valence-corrected chi connectivity index (χ4v) is 3.72.